The first-order valence-corrected chi connectivity index (χ1v) is 8.06. The summed E-state index contributed by atoms with van der Waals surface area (Å²) in [6.45, 7) is 2.12. The van der Waals surface area contributed by atoms with Crippen molar-refractivity contribution in [1.29, 1.82) is 0 Å². The number of benzene rings is 2. The van der Waals surface area contributed by atoms with E-state index in [1.165, 1.54) is 5.56 Å². The van der Waals surface area contributed by atoms with Gasteiger partial charge in [0.05, 0.1) is 18.9 Å². The summed E-state index contributed by atoms with van der Waals surface area (Å²) >= 11 is 0. The number of para-hydroxylation sites is 1. The van der Waals surface area contributed by atoms with Gasteiger partial charge in [-0.1, -0.05) is 49.4 Å². The van der Waals surface area contributed by atoms with E-state index in [9.17, 15) is 0 Å². The summed E-state index contributed by atoms with van der Waals surface area (Å²) in [5.41, 5.74) is 3.46. The Kier molecular flexibility index (Phi) is 3.45. The van der Waals surface area contributed by atoms with Crippen LogP contribution in [0.25, 0.3) is 0 Å². The maximum Gasteiger partial charge on any atom is 0.187 e. The molecule has 0 spiro atoms. The number of nitrogens with zero attached hydrogens (tertiary/aromatic N) is 2. The Hall–Kier alpha value is -2.49. The molecule has 0 amide bonds. The summed E-state index contributed by atoms with van der Waals surface area (Å²) < 4.78 is 11.7. The second-order valence-electron chi connectivity index (χ2n) is 5.87. The zero-order valence-corrected chi connectivity index (χ0v) is 13.4. The molecule has 23 heavy (non-hydrogen) atoms. The Morgan fingerprint density at radius 2 is 2.00 bits per heavy atom. The Labute approximate surface area is 136 Å². The zero-order chi connectivity index (χ0) is 15.8. The summed E-state index contributed by atoms with van der Waals surface area (Å²) in [5.74, 6) is 1.67. The fraction of sp³-hybridized carbons (Fsp3) is 0.316. The molecular formula is C19H20N2O2. The number of hydrogen-bond donors (Lipinski definition) is 0. The van der Waals surface area contributed by atoms with Crippen LogP contribution in [0, 0.1) is 0 Å². The summed E-state index contributed by atoms with van der Waals surface area (Å²) in [7, 11) is 1.69. The minimum absolute atomic E-state index is 0.0509. The third-order valence-corrected chi connectivity index (χ3v) is 4.54. The highest BCUT2D eigenvalue weighted by molar-refractivity contribution is 6.01. The summed E-state index contributed by atoms with van der Waals surface area (Å²) in [5, 5.41) is 6.99. The average Bonchev–Trinajstić information content (AvgIpc) is 3.07. The topological polar surface area (TPSA) is 34.1 Å². The van der Waals surface area contributed by atoms with Gasteiger partial charge in [0.25, 0.3) is 0 Å². The first-order chi connectivity index (χ1) is 11.3. The van der Waals surface area contributed by atoms with E-state index in [1.807, 2.05) is 18.2 Å². The van der Waals surface area contributed by atoms with E-state index in [1.54, 1.807) is 7.11 Å². The number of hydrogen-bond acceptors (Lipinski definition) is 4. The van der Waals surface area contributed by atoms with Gasteiger partial charge in [0.15, 0.2) is 17.7 Å². The van der Waals surface area contributed by atoms with Crippen LogP contribution >= 0.6 is 0 Å². The smallest absolute Gasteiger partial charge is 0.187 e. The third kappa shape index (κ3) is 2.25. The Bertz CT molecular complexity index is 742. The molecule has 0 saturated carbocycles. The van der Waals surface area contributed by atoms with E-state index >= 15 is 0 Å². The van der Waals surface area contributed by atoms with Crippen LogP contribution in [0.15, 0.2) is 53.6 Å². The van der Waals surface area contributed by atoms with Crippen LogP contribution in [0.1, 0.15) is 36.9 Å². The lowest BCUT2D eigenvalue weighted by Gasteiger charge is -2.38. The highest BCUT2D eigenvalue weighted by Gasteiger charge is 2.40. The highest BCUT2D eigenvalue weighted by Crippen LogP contribution is 2.47. The molecule has 0 N–H and O–H groups in total. The van der Waals surface area contributed by atoms with Crippen molar-refractivity contribution in [2.75, 3.05) is 7.11 Å². The molecule has 0 aliphatic carbocycles. The number of rotatable bonds is 3. The fourth-order valence-corrected chi connectivity index (χ4v) is 3.39. The highest BCUT2D eigenvalue weighted by atomic mass is 16.5. The number of ether oxygens (including phenoxy) is 2. The molecule has 0 aromatic heterocycles. The molecule has 0 radical (unpaired) electrons. The van der Waals surface area contributed by atoms with Crippen LogP contribution in [-0.4, -0.2) is 24.1 Å². The van der Waals surface area contributed by atoms with Gasteiger partial charge in [0, 0.05) is 18.4 Å². The van der Waals surface area contributed by atoms with Crippen molar-refractivity contribution in [3.8, 4) is 11.5 Å². The second-order valence-corrected chi connectivity index (χ2v) is 5.87. The van der Waals surface area contributed by atoms with Crippen LogP contribution in [0.5, 0.6) is 11.5 Å². The first kappa shape index (κ1) is 14.1. The van der Waals surface area contributed by atoms with Crippen LogP contribution < -0.4 is 9.47 Å². The van der Waals surface area contributed by atoms with E-state index in [0.717, 1.165) is 35.6 Å². The van der Waals surface area contributed by atoms with Gasteiger partial charge in [-0.25, -0.2) is 0 Å². The van der Waals surface area contributed by atoms with Crippen molar-refractivity contribution in [3.63, 3.8) is 0 Å². The van der Waals surface area contributed by atoms with E-state index < -0.39 is 0 Å². The van der Waals surface area contributed by atoms with Crippen LogP contribution in [0.3, 0.4) is 0 Å². The number of fused-ring (bicyclic) bond motifs is 3. The Balaban J connectivity index is 1.76. The monoisotopic (exact) mass is 308 g/mol. The van der Waals surface area contributed by atoms with Gasteiger partial charge in [-0.15, -0.1) is 0 Å². The fourth-order valence-electron chi connectivity index (χ4n) is 3.39. The van der Waals surface area contributed by atoms with E-state index in [-0.39, 0.29) is 12.3 Å². The molecule has 2 aliphatic rings. The predicted octanol–water partition coefficient (Wildman–Crippen LogP) is 3.97. The molecule has 2 heterocycles. The molecule has 118 valence electrons. The summed E-state index contributed by atoms with van der Waals surface area (Å²) in [4.78, 5) is 0. The van der Waals surface area contributed by atoms with E-state index in [4.69, 9.17) is 14.6 Å². The van der Waals surface area contributed by atoms with Gasteiger partial charge in [0.2, 0.25) is 0 Å². The lowest BCUT2D eigenvalue weighted by atomic mass is 9.96. The number of methoxy groups -OCH3 is 1. The maximum absolute atomic E-state index is 6.20. The van der Waals surface area contributed by atoms with Crippen molar-refractivity contribution in [3.05, 3.63) is 59.7 Å². The molecular weight excluding hydrogens is 288 g/mol. The second kappa shape index (κ2) is 5.61. The van der Waals surface area contributed by atoms with Gasteiger partial charge in [-0.3, -0.25) is 5.01 Å². The quantitative estimate of drug-likeness (QED) is 0.860. The van der Waals surface area contributed by atoms with Gasteiger partial charge in [0.1, 0.15) is 0 Å². The van der Waals surface area contributed by atoms with Crippen molar-refractivity contribution in [2.24, 2.45) is 5.10 Å². The number of hydrazone groups is 1. The van der Waals surface area contributed by atoms with Crippen molar-refractivity contribution in [2.45, 2.75) is 32.0 Å². The van der Waals surface area contributed by atoms with Crippen molar-refractivity contribution in [1.82, 2.24) is 5.01 Å². The van der Waals surface area contributed by atoms with Crippen molar-refractivity contribution >= 4 is 5.71 Å². The molecule has 0 fully saturated rings. The van der Waals surface area contributed by atoms with Crippen LogP contribution in [-0.2, 0) is 0 Å². The molecule has 0 saturated heterocycles. The molecule has 4 heteroatoms. The molecule has 2 aliphatic heterocycles. The Morgan fingerprint density at radius 1 is 1.17 bits per heavy atom. The Morgan fingerprint density at radius 3 is 2.74 bits per heavy atom. The van der Waals surface area contributed by atoms with E-state index in [0.29, 0.717) is 0 Å². The van der Waals surface area contributed by atoms with Crippen LogP contribution in [0.2, 0.25) is 0 Å². The lowest BCUT2D eigenvalue weighted by molar-refractivity contribution is -0.0206. The van der Waals surface area contributed by atoms with Crippen molar-refractivity contribution < 1.29 is 9.47 Å². The van der Waals surface area contributed by atoms with Gasteiger partial charge >= 0.3 is 0 Å². The molecule has 2 aromatic rings. The SMILES string of the molecule is CC[C@@H]1Oc2c(OC)cccc2[C@@H]2CC(c3ccccc3)=NN12. The molecule has 0 bridgehead atoms. The standard InChI is InChI=1S/C19H20N2O2/c1-3-18-21-16(12-15(20-21)13-8-5-4-6-9-13)14-10-7-11-17(22-2)19(14)23-18/h4-11,16,18H,3,12H2,1-2H3/t16-,18-/m0/s1. The minimum atomic E-state index is -0.0509. The van der Waals surface area contributed by atoms with Crippen LogP contribution in [0.4, 0.5) is 0 Å². The largest absolute Gasteiger partial charge is 0.493 e. The normalized spacial score (nSPS) is 22.0. The molecule has 0 unspecified atom stereocenters. The zero-order valence-electron chi connectivity index (χ0n) is 13.4. The van der Waals surface area contributed by atoms with Gasteiger partial charge < -0.3 is 9.47 Å². The maximum atomic E-state index is 6.20. The third-order valence-electron chi connectivity index (χ3n) is 4.54. The summed E-state index contributed by atoms with van der Waals surface area (Å²) in [6.07, 6.45) is 1.72. The van der Waals surface area contributed by atoms with Gasteiger partial charge in [-0.05, 0) is 11.6 Å². The first-order valence-electron chi connectivity index (χ1n) is 8.06. The molecule has 2 atom stereocenters. The van der Waals surface area contributed by atoms with E-state index in [2.05, 4.69) is 42.3 Å². The van der Waals surface area contributed by atoms with Gasteiger partial charge in [-0.2, -0.15) is 5.10 Å². The molecule has 4 rings (SSSR count). The average molecular weight is 308 g/mol. The molecule has 2 aromatic carbocycles. The summed E-state index contributed by atoms with van der Waals surface area (Å²) in [6, 6.07) is 16.7. The lowest BCUT2D eigenvalue weighted by Crippen LogP contribution is -2.39. The molecule has 4 nitrogen and oxygen atoms in total. The predicted molar refractivity (Wildman–Crippen MR) is 89.9 cm³/mol. The minimum Gasteiger partial charge on any atom is -0.493 e.